The molecular weight excluding hydrogens is 208 g/mol. The molecule has 78 valence electrons. The van der Waals surface area contributed by atoms with Crippen molar-refractivity contribution in [3.8, 4) is 6.07 Å². The summed E-state index contributed by atoms with van der Waals surface area (Å²) in [6, 6.07) is 9.67. The quantitative estimate of drug-likeness (QED) is 0.783. The highest BCUT2D eigenvalue weighted by Gasteiger charge is 2.01. The van der Waals surface area contributed by atoms with Crippen LogP contribution in [0.5, 0.6) is 0 Å². The fraction of sp³-hybridized carbons (Fsp3) is 0.250. The standard InChI is InChI=1S/C12H13ClN2/c1-15(2)9-11(7-8-14)10-3-5-12(13)6-4-10/h3-6,9H,7H2,1-2H3/b11-9+. The van der Waals surface area contributed by atoms with Gasteiger partial charge in [-0.25, -0.2) is 0 Å². The van der Waals surface area contributed by atoms with Crippen molar-refractivity contribution in [2.45, 2.75) is 6.42 Å². The third-order valence-corrected chi connectivity index (χ3v) is 2.15. The number of rotatable bonds is 3. The molecule has 1 aromatic carbocycles. The summed E-state index contributed by atoms with van der Waals surface area (Å²) in [4.78, 5) is 1.93. The van der Waals surface area contributed by atoms with Crippen LogP contribution in [0.1, 0.15) is 12.0 Å². The summed E-state index contributed by atoms with van der Waals surface area (Å²) >= 11 is 5.80. The molecule has 0 aliphatic heterocycles. The molecule has 0 fully saturated rings. The summed E-state index contributed by atoms with van der Waals surface area (Å²) in [5.41, 5.74) is 2.04. The number of nitriles is 1. The zero-order chi connectivity index (χ0) is 11.3. The fourth-order valence-corrected chi connectivity index (χ4v) is 1.41. The van der Waals surface area contributed by atoms with E-state index < -0.39 is 0 Å². The van der Waals surface area contributed by atoms with Crippen LogP contribution in [0.4, 0.5) is 0 Å². The van der Waals surface area contributed by atoms with E-state index in [1.54, 1.807) is 0 Å². The van der Waals surface area contributed by atoms with Crippen LogP contribution in [0.2, 0.25) is 5.02 Å². The van der Waals surface area contributed by atoms with Crippen LogP contribution in [0.25, 0.3) is 5.57 Å². The van der Waals surface area contributed by atoms with Crippen molar-refractivity contribution in [1.82, 2.24) is 4.90 Å². The SMILES string of the molecule is CN(C)/C=C(\CC#N)c1ccc(Cl)cc1. The van der Waals surface area contributed by atoms with Crippen LogP contribution < -0.4 is 0 Å². The molecule has 0 amide bonds. The van der Waals surface area contributed by atoms with Crippen LogP contribution in [-0.2, 0) is 0 Å². The Morgan fingerprint density at radius 1 is 1.40 bits per heavy atom. The van der Waals surface area contributed by atoms with E-state index in [-0.39, 0.29) is 0 Å². The molecule has 0 radical (unpaired) electrons. The van der Waals surface area contributed by atoms with Crippen molar-refractivity contribution < 1.29 is 0 Å². The molecule has 15 heavy (non-hydrogen) atoms. The van der Waals surface area contributed by atoms with Crippen molar-refractivity contribution in [1.29, 1.82) is 5.26 Å². The van der Waals surface area contributed by atoms with Gasteiger partial charge in [-0.3, -0.25) is 0 Å². The van der Waals surface area contributed by atoms with Crippen molar-refractivity contribution in [3.05, 3.63) is 41.1 Å². The molecule has 2 nitrogen and oxygen atoms in total. The number of allylic oxidation sites excluding steroid dienone is 1. The van der Waals surface area contributed by atoms with Gasteiger partial charge in [0, 0.05) is 25.3 Å². The predicted molar refractivity (Wildman–Crippen MR) is 63.3 cm³/mol. The molecular formula is C12H13ClN2. The molecule has 0 aliphatic carbocycles. The van der Waals surface area contributed by atoms with Gasteiger partial charge in [0.25, 0.3) is 0 Å². The van der Waals surface area contributed by atoms with Gasteiger partial charge in [0.15, 0.2) is 0 Å². The number of nitrogens with zero attached hydrogens (tertiary/aromatic N) is 2. The first-order valence-electron chi connectivity index (χ1n) is 4.63. The first-order chi connectivity index (χ1) is 7.13. The van der Waals surface area contributed by atoms with Crippen LogP contribution >= 0.6 is 11.6 Å². The number of hydrogen-bond acceptors (Lipinski definition) is 2. The van der Waals surface area contributed by atoms with Gasteiger partial charge in [-0.2, -0.15) is 5.26 Å². The molecule has 0 saturated carbocycles. The Balaban J connectivity index is 3.00. The van der Waals surface area contributed by atoms with Crippen LogP contribution in [0.3, 0.4) is 0 Å². The molecule has 0 spiro atoms. The van der Waals surface area contributed by atoms with Gasteiger partial charge in [-0.15, -0.1) is 0 Å². The average Bonchev–Trinajstić information content (AvgIpc) is 2.17. The lowest BCUT2D eigenvalue weighted by Gasteiger charge is -2.09. The van der Waals surface area contributed by atoms with Gasteiger partial charge in [0.05, 0.1) is 12.5 Å². The summed E-state index contributed by atoms with van der Waals surface area (Å²) < 4.78 is 0. The lowest BCUT2D eigenvalue weighted by molar-refractivity contribution is 0.564. The largest absolute Gasteiger partial charge is 0.383 e. The van der Waals surface area contributed by atoms with E-state index in [2.05, 4.69) is 6.07 Å². The minimum absolute atomic E-state index is 0.403. The molecule has 0 saturated heterocycles. The second kappa shape index (κ2) is 5.43. The van der Waals surface area contributed by atoms with E-state index in [4.69, 9.17) is 16.9 Å². The van der Waals surface area contributed by atoms with E-state index >= 15 is 0 Å². The van der Waals surface area contributed by atoms with E-state index in [0.29, 0.717) is 11.4 Å². The maximum Gasteiger partial charge on any atom is 0.0670 e. The number of hydrogen-bond donors (Lipinski definition) is 0. The zero-order valence-corrected chi connectivity index (χ0v) is 9.62. The summed E-state index contributed by atoms with van der Waals surface area (Å²) in [7, 11) is 3.88. The monoisotopic (exact) mass is 220 g/mol. The first kappa shape index (κ1) is 11.6. The summed E-state index contributed by atoms with van der Waals surface area (Å²) in [6.45, 7) is 0. The first-order valence-corrected chi connectivity index (χ1v) is 5.01. The Morgan fingerprint density at radius 2 is 2.00 bits per heavy atom. The van der Waals surface area contributed by atoms with Gasteiger partial charge in [0.1, 0.15) is 0 Å². The summed E-state index contributed by atoms with van der Waals surface area (Å²) in [5, 5.41) is 9.44. The molecule has 0 bridgehead atoms. The molecule has 1 rings (SSSR count). The highest BCUT2D eigenvalue weighted by molar-refractivity contribution is 6.30. The normalized spacial score (nSPS) is 10.9. The predicted octanol–water partition coefficient (Wildman–Crippen LogP) is 3.16. The van der Waals surface area contributed by atoms with Crippen LogP contribution in [0.15, 0.2) is 30.5 Å². The van der Waals surface area contributed by atoms with Crippen molar-refractivity contribution in [2.75, 3.05) is 14.1 Å². The Hall–Kier alpha value is -1.46. The topological polar surface area (TPSA) is 27.0 Å². The fourth-order valence-electron chi connectivity index (χ4n) is 1.28. The van der Waals surface area contributed by atoms with Gasteiger partial charge in [-0.05, 0) is 23.3 Å². The van der Waals surface area contributed by atoms with E-state index in [0.717, 1.165) is 11.1 Å². The lowest BCUT2D eigenvalue weighted by atomic mass is 10.0. The Bertz CT molecular complexity index is 385. The van der Waals surface area contributed by atoms with Gasteiger partial charge >= 0.3 is 0 Å². The smallest absolute Gasteiger partial charge is 0.0670 e. The molecule has 3 heteroatoms. The second-order valence-electron chi connectivity index (χ2n) is 3.46. The Kier molecular flexibility index (Phi) is 4.20. The highest BCUT2D eigenvalue weighted by Crippen LogP contribution is 2.20. The molecule has 1 aromatic rings. The van der Waals surface area contributed by atoms with E-state index in [9.17, 15) is 0 Å². The van der Waals surface area contributed by atoms with Crippen molar-refractivity contribution in [2.24, 2.45) is 0 Å². The van der Waals surface area contributed by atoms with Gasteiger partial charge < -0.3 is 4.90 Å². The van der Waals surface area contributed by atoms with E-state index in [1.807, 2.05) is 49.5 Å². The van der Waals surface area contributed by atoms with Crippen molar-refractivity contribution >= 4 is 17.2 Å². The van der Waals surface area contributed by atoms with Gasteiger partial charge in [-0.1, -0.05) is 23.7 Å². The lowest BCUT2D eigenvalue weighted by Crippen LogP contribution is -2.02. The third kappa shape index (κ3) is 3.65. The summed E-state index contributed by atoms with van der Waals surface area (Å²) in [5.74, 6) is 0. The van der Waals surface area contributed by atoms with Crippen molar-refractivity contribution in [3.63, 3.8) is 0 Å². The minimum Gasteiger partial charge on any atom is -0.383 e. The second-order valence-corrected chi connectivity index (χ2v) is 3.90. The van der Waals surface area contributed by atoms with Gasteiger partial charge in [0.2, 0.25) is 0 Å². The van der Waals surface area contributed by atoms with Crippen LogP contribution in [0, 0.1) is 11.3 Å². The molecule has 0 atom stereocenters. The zero-order valence-electron chi connectivity index (χ0n) is 8.87. The molecule has 0 aromatic heterocycles. The molecule has 0 N–H and O–H groups in total. The van der Waals surface area contributed by atoms with E-state index in [1.165, 1.54) is 0 Å². The number of halogens is 1. The Labute approximate surface area is 95.4 Å². The molecule has 0 unspecified atom stereocenters. The highest BCUT2D eigenvalue weighted by atomic mass is 35.5. The maximum atomic E-state index is 8.73. The van der Waals surface area contributed by atoms with Crippen LogP contribution in [-0.4, -0.2) is 19.0 Å². The molecule has 0 aliphatic rings. The average molecular weight is 221 g/mol. The molecule has 0 heterocycles. The number of benzene rings is 1. The third-order valence-electron chi connectivity index (χ3n) is 1.90. The summed E-state index contributed by atoms with van der Waals surface area (Å²) in [6.07, 6.45) is 2.35. The minimum atomic E-state index is 0.403. The maximum absolute atomic E-state index is 8.73. The Morgan fingerprint density at radius 3 is 2.47 bits per heavy atom.